The number of benzene rings is 2. The summed E-state index contributed by atoms with van der Waals surface area (Å²) in [5.74, 6) is 0. The fraction of sp³-hybridized carbons (Fsp3) is 0.194. The Morgan fingerprint density at radius 3 is 2.45 bits per heavy atom. The molecule has 0 saturated carbocycles. The van der Waals surface area contributed by atoms with Crippen molar-refractivity contribution in [2.45, 2.75) is 41.0 Å². The van der Waals surface area contributed by atoms with E-state index in [4.69, 9.17) is 7.16 Å². The molecule has 5 aromatic heterocycles. The van der Waals surface area contributed by atoms with Gasteiger partial charge in [0.25, 0.3) is 0 Å². The molecule has 6 heteroatoms. The second-order valence-electron chi connectivity index (χ2n) is 11.0. The van der Waals surface area contributed by atoms with Crippen LogP contribution in [0, 0.1) is 31.4 Å². The number of furan rings is 1. The molecule has 0 aliphatic rings. The number of pyridine rings is 3. The van der Waals surface area contributed by atoms with Gasteiger partial charge in [0.15, 0.2) is 0 Å². The van der Waals surface area contributed by atoms with Gasteiger partial charge in [0.1, 0.15) is 0 Å². The molecule has 0 bridgehead atoms. The van der Waals surface area contributed by atoms with Crippen LogP contribution >= 0.6 is 11.3 Å². The standard InChI is InChI=1S/C25H23N2OS.C11H8N.Ir/c1-14-9-10-17-16-7-6-8-18(23(16)28-24(17)27-14)20-11-19-15(2)21(12-25(3,4)5)29-22(19)13-26-20;1-2-6-10(7-3-1)11-8-4-5-9-12-11;/h6-7,9-11,13H,12H2,1-5H3;1-6,8-9H;/q2*-1;/i12D2;;. The predicted octanol–water partition coefficient (Wildman–Crippen LogP) is 9.81. The van der Waals surface area contributed by atoms with E-state index in [9.17, 15) is 0 Å². The topological polar surface area (TPSA) is 51.8 Å². The van der Waals surface area contributed by atoms with Crippen LogP contribution in [0.25, 0.3) is 54.7 Å². The molecule has 0 aliphatic heterocycles. The first kappa shape index (κ1) is 27.2. The van der Waals surface area contributed by atoms with E-state index in [1.807, 2.05) is 114 Å². The second kappa shape index (κ2) is 12.3. The van der Waals surface area contributed by atoms with Crippen molar-refractivity contribution in [3.8, 4) is 22.5 Å². The van der Waals surface area contributed by atoms with Crippen LogP contribution in [0.4, 0.5) is 0 Å². The van der Waals surface area contributed by atoms with Crippen LogP contribution in [0.5, 0.6) is 0 Å². The molecule has 0 N–H and O–H groups in total. The van der Waals surface area contributed by atoms with Gasteiger partial charge < -0.3 is 14.4 Å². The Balaban J connectivity index is 0.000000248. The molecule has 4 nitrogen and oxygen atoms in total. The average molecular weight is 748 g/mol. The molecule has 2 aromatic carbocycles. The first-order valence-electron chi connectivity index (χ1n) is 14.5. The second-order valence-corrected chi connectivity index (χ2v) is 12.0. The smallest absolute Gasteiger partial charge is 0.216 e. The maximum Gasteiger partial charge on any atom is 0.216 e. The number of fused-ring (bicyclic) bond motifs is 4. The molecule has 213 valence electrons. The van der Waals surface area contributed by atoms with E-state index in [2.05, 4.69) is 27.1 Å². The quantitative estimate of drug-likeness (QED) is 0.169. The van der Waals surface area contributed by atoms with Crippen LogP contribution in [0.2, 0.25) is 0 Å². The number of aryl methyl sites for hydroxylation is 2. The monoisotopic (exact) mass is 748 g/mol. The van der Waals surface area contributed by atoms with Crippen molar-refractivity contribution >= 4 is 43.5 Å². The van der Waals surface area contributed by atoms with Gasteiger partial charge in [-0.3, -0.25) is 0 Å². The van der Waals surface area contributed by atoms with Gasteiger partial charge in [0.2, 0.25) is 5.71 Å². The minimum absolute atomic E-state index is 0. The van der Waals surface area contributed by atoms with E-state index in [0.29, 0.717) is 5.71 Å². The van der Waals surface area contributed by atoms with Crippen LogP contribution in [-0.4, -0.2) is 15.0 Å². The third kappa shape index (κ3) is 6.22. The zero-order valence-electron chi connectivity index (χ0n) is 26.1. The van der Waals surface area contributed by atoms with Crippen molar-refractivity contribution in [3.05, 3.63) is 113 Å². The minimum atomic E-state index is -1.44. The first-order chi connectivity index (χ1) is 20.5. The van der Waals surface area contributed by atoms with E-state index >= 15 is 0 Å². The molecule has 0 unspecified atom stereocenters. The van der Waals surface area contributed by atoms with Gasteiger partial charge in [0.05, 0.1) is 10.3 Å². The summed E-state index contributed by atoms with van der Waals surface area (Å²) in [4.78, 5) is 14.2. The first-order valence-corrected chi connectivity index (χ1v) is 14.3. The summed E-state index contributed by atoms with van der Waals surface area (Å²) >= 11 is 1.49. The Morgan fingerprint density at radius 2 is 1.71 bits per heavy atom. The number of hydrogen-bond donors (Lipinski definition) is 0. The number of hydrogen-bond acceptors (Lipinski definition) is 5. The largest absolute Gasteiger partial charge is 0.486 e. The van der Waals surface area contributed by atoms with E-state index in [-0.39, 0.29) is 20.1 Å². The summed E-state index contributed by atoms with van der Waals surface area (Å²) in [7, 11) is 0. The van der Waals surface area contributed by atoms with Gasteiger partial charge in [-0.1, -0.05) is 49.9 Å². The molecule has 0 aliphatic carbocycles. The fourth-order valence-corrected chi connectivity index (χ4v) is 5.97. The van der Waals surface area contributed by atoms with Gasteiger partial charge in [-0.2, -0.15) is 0 Å². The van der Waals surface area contributed by atoms with E-state index in [0.717, 1.165) is 65.1 Å². The fourth-order valence-electron chi connectivity index (χ4n) is 4.70. The Hall–Kier alpha value is -3.70. The Labute approximate surface area is 267 Å². The Morgan fingerprint density at radius 1 is 0.881 bits per heavy atom. The third-order valence-corrected chi connectivity index (χ3v) is 7.81. The van der Waals surface area contributed by atoms with Crippen LogP contribution in [0.15, 0.2) is 89.6 Å². The Kier molecular flexibility index (Phi) is 7.93. The molecule has 0 amide bonds. The number of nitrogens with zero attached hydrogens (tertiary/aromatic N) is 3. The molecule has 0 saturated heterocycles. The number of rotatable bonds is 3. The summed E-state index contributed by atoms with van der Waals surface area (Å²) in [5.41, 5.74) is 6.27. The molecular weight excluding hydrogens is 715 g/mol. The van der Waals surface area contributed by atoms with Crippen molar-refractivity contribution in [1.82, 2.24) is 15.0 Å². The van der Waals surface area contributed by atoms with E-state index in [1.54, 1.807) is 6.20 Å². The van der Waals surface area contributed by atoms with Gasteiger partial charge in [-0.25, -0.2) is 4.98 Å². The summed E-state index contributed by atoms with van der Waals surface area (Å²) in [6.45, 7) is 9.76. The van der Waals surface area contributed by atoms with Crippen molar-refractivity contribution in [2.24, 2.45) is 5.41 Å². The summed E-state index contributed by atoms with van der Waals surface area (Å²) in [6.07, 6.45) is 2.19. The third-order valence-electron chi connectivity index (χ3n) is 6.66. The summed E-state index contributed by atoms with van der Waals surface area (Å²) in [5, 5.41) is 2.99. The molecule has 42 heavy (non-hydrogen) atoms. The van der Waals surface area contributed by atoms with Crippen molar-refractivity contribution in [3.63, 3.8) is 0 Å². The van der Waals surface area contributed by atoms with Crippen LogP contribution in [0.3, 0.4) is 0 Å². The number of aromatic nitrogens is 3. The van der Waals surface area contributed by atoms with Gasteiger partial charge in [-0.15, -0.1) is 65.4 Å². The van der Waals surface area contributed by atoms with Gasteiger partial charge >= 0.3 is 0 Å². The molecule has 1 radical (unpaired) electrons. The molecule has 7 aromatic rings. The summed E-state index contributed by atoms with van der Waals surface area (Å²) in [6, 6.07) is 30.0. The van der Waals surface area contributed by atoms with Crippen molar-refractivity contribution in [1.29, 1.82) is 0 Å². The van der Waals surface area contributed by atoms with Crippen molar-refractivity contribution < 1.29 is 27.3 Å². The van der Waals surface area contributed by atoms with Gasteiger partial charge in [0, 0.05) is 51.2 Å². The minimum Gasteiger partial charge on any atom is -0.486 e. The van der Waals surface area contributed by atoms with E-state index < -0.39 is 11.8 Å². The predicted molar refractivity (Wildman–Crippen MR) is 170 cm³/mol. The average Bonchev–Trinajstić information content (AvgIpc) is 3.54. The van der Waals surface area contributed by atoms with Crippen LogP contribution in [0.1, 0.15) is 39.6 Å². The zero-order chi connectivity index (χ0) is 30.4. The van der Waals surface area contributed by atoms with Gasteiger partial charge in [-0.05, 0) is 66.2 Å². The van der Waals surface area contributed by atoms with Crippen LogP contribution < -0.4 is 0 Å². The molecular formula is C36H31IrN3OS-2. The zero-order valence-corrected chi connectivity index (χ0v) is 27.3. The maximum atomic E-state index is 8.73. The molecule has 0 spiro atoms. The molecule has 7 rings (SSSR count). The van der Waals surface area contributed by atoms with Crippen molar-refractivity contribution in [2.75, 3.05) is 0 Å². The maximum absolute atomic E-state index is 8.73. The normalized spacial score (nSPS) is 12.4. The number of thiophene rings is 1. The Bertz CT molecular complexity index is 2030. The van der Waals surface area contributed by atoms with E-state index in [1.165, 1.54) is 11.3 Å². The summed E-state index contributed by atoms with van der Waals surface area (Å²) < 4.78 is 24.6. The molecule has 0 atom stereocenters. The van der Waals surface area contributed by atoms with Crippen LogP contribution in [-0.2, 0) is 26.5 Å². The molecule has 5 heterocycles. The molecule has 0 fully saturated rings. The SMILES string of the molecule is [2H]C([2H])(c1sc2cnc(-c3[c-]ccc4c3oc3nc(C)ccc34)cc2c1C)C(C)(C)C.[Ir].[c-]1ccccc1-c1ccccn1.